The Morgan fingerprint density at radius 1 is 1.39 bits per heavy atom. The van der Waals surface area contributed by atoms with E-state index in [4.69, 9.17) is 9.84 Å². The van der Waals surface area contributed by atoms with Gasteiger partial charge in [-0.3, -0.25) is 9.59 Å². The zero-order valence-corrected chi connectivity index (χ0v) is 11.1. The number of carbonyl (C=O) groups excluding carboxylic acids is 1. The standard InChI is InChI=1S/C13H23NO4/c1-9-5-3-4-6-11(9)18-8-12(15)14-10(2)7-13(16)17/h9-11H,3-8H2,1-2H3,(H,14,15)(H,16,17). The van der Waals surface area contributed by atoms with Gasteiger partial charge in [0.15, 0.2) is 0 Å². The molecular weight excluding hydrogens is 234 g/mol. The van der Waals surface area contributed by atoms with Gasteiger partial charge in [-0.1, -0.05) is 19.8 Å². The van der Waals surface area contributed by atoms with Gasteiger partial charge < -0.3 is 15.2 Å². The lowest BCUT2D eigenvalue weighted by molar-refractivity contribution is -0.138. The van der Waals surface area contributed by atoms with E-state index in [-0.39, 0.29) is 31.1 Å². The molecule has 0 saturated heterocycles. The van der Waals surface area contributed by atoms with Crippen LogP contribution in [0.1, 0.15) is 46.0 Å². The van der Waals surface area contributed by atoms with Gasteiger partial charge in [0.05, 0.1) is 12.5 Å². The third kappa shape index (κ3) is 5.49. The molecule has 1 aliphatic rings. The molecule has 18 heavy (non-hydrogen) atoms. The van der Waals surface area contributed by atoms with Crippen LogP contribution in [0.5, 0.6) is 0 Å². The second-order valence-corrected chi connectivity index (χ2v) is 5.18. The molecule has 0 bridgehead atoms. The summed E-state index contributed by atoms with van der Waals surface area (Å²) >= 11 is 0. The molecule has 0 aromatic carbocycles. The minimum absolute atomic E-state index is 0.0268. The zero-order valence-electron chi connectivity index (χ0n) is 11.1. The van der Waals surface area contributed by atoms with Gasteiger partial charge in [-0.15, -0.1) is 0 Å². The van der Waals surface area contributed by atoms with Gasteiger partial charge >= 0.3 is 5.97 Å². The number of rotatable bonds is 6. The number of ether oxygens (including phenoxy) is 1. The van der Waals surface area contributed by atoms with Crippen molar-refractivity contribution in [1.82, 2.24) is 5.32 Å². The van der Waals surface area contributed by atoms with Gasteiger partial charge in [0.1, 0.15) is 6.61 Å². The summed E-state index contributed by atoms with van der Waals surface area (Å²) in [6, 6.07) is -0.359. The monoisotopic (exact) mass is 257 g/mol. The molecule has 0 aromatic rings. The predicted octanol–water partition coefficient (Wildman–Crippen LogP) is 1.56. The number of hydrogen-bond donors (Lipinski definition) is 2. The molecule has 1 rings (SSSR count). The number of carbonyl (C=O) groups is 2. The molecule has 1 aliphatic carbocycles. The van der Waals surface area contributed by atoms with Crippen LogP contribution in [0.3, 0.4) is 0 Å². The maximum absolute atomic E-state index is 11.6. The molecule has 1 amide bonds. The first-order valence-electron chi connectivity index (χ1n) is 6.61. The first-order chi connectivity index (χ1) is 8.49. The van der Waals surface area contributed by atoms with Crippen molar-refractivity contribution >= 4 is 11.9 Å². The van der Waals surface area contributed by atoms with Crippen molar-refractivity contribution in [2.75, 3.05) is 6.61 Å². The van der Waals surface area contributed by atoms with E-state index in [1.165, 1.54) is 6.42 Å². The molecule has 1 fully saturated rings. The first-order valence-corrected chi connectivity index (χ1v) is 6.61. The minimum Gasteiger partial charge on any atom is -0.481 e. The summed E-state index contributed by atoms with van der Waals surface area (Å²) in [4.78, 5) is 22.0. The van der Waals surface area contributed by atoms with E-state index < -0.39 is 5.97 Å². The molecule has 5 nitrogen and oxygen atoms in total. The Morgan fingerprint density at radius 3 is 2.67 bits per heavy atom. The van der Waals surface area contributed by atoms with Gasteiger partial charge in [-0.25, -0.2) is 0 Å². The fourth-order valence-electron chi connectivity index (χ4n) is 2.34. The van der Waals surface area contributed by atoms with E-state index in [1.54, 1.807) is 6.92 Å². The van der Waals surface area contributed by atoms with Crippen LogP contribution in [0.15, 0.2) is 0 Å². The third-order valence-electron chi connectivity index (χ3n) is 3.35. The van der Waals surface area contributed by atoms with Gasteiger partial charge in [0.2, 0.25) is 5.91 Å². The van der Waals surface area contributed by atoms with Crippen LogP contribution < -0.4 is 5.32 Å². The largest absolute Gasteiger partial charge is 0.481 e. The quantitative estimate of drug-likeness (QED) is 0.757. The highest BCUT2D eigenvalue weighted by Crippen LogP contribution is 2.25. The highest BCUT2D eigenvalue weighted by atomic mass is 16.5. The van der Waals surface area contributed by atoms with Crippen LogP contribution in [0.4, 0.5) is 0 Å². The Bertz CT molecular complexity index is 293. The van der Waals surface area contributed by atoms with E-state index in [9.17, 15) is 9.59 Å². The SMILES string of the molecule is CC(CC(=O)O)NC(=O)COC1CCCCC1C. The molecule has 104 valence electrons. The predicted molar refractivity (Wildman–Crippen MR) is 67.2 cm³/mol. The van der Waals surface area contributed by atoms with Crippen molar-refractivity contribution in [1.29, 1.82) is 0 Å². The van der Waals surface area contributed by atoms with Crippen LogP contribution in [-0.4, -0.2) is 35.7 Å². The molecule has 0 heterocycles. The fourth-order valence-corrected chi connectivity index (χ4v) is 2.34. The van der Waals surface area contributed by atoms with Crippen molar-refractivity contribution in [2.24, 2.45) is 5.92 Å². The highest BCUT2D eigenvalue weighted by molar-refractivity contribution is 5.78. The summed E-state index contributed by atoms with van der Waals surface area (Å²) in [5.74, 6) is -0.644. The highest BCUT2D eigenvalue weighted by Gasteiger charge is 2.22. The number of hydrogen-bond acceptors (Lipinski definition) is 3. The lowest BCUT2D eigenvalue weighted by Gasteiger charge is -2.28. The van der Waals surface area contributed by atoms with E-state index in [0.29, 0.717) is 5.92 Å². The minimum atomic E-state index is -0.912. The smallest absolute Gasteiger partial charge is 0.305 e. The summed E-state index contributed by atoms with van der Waals surface area (Å²) in [6.07, 6.45) is 4.67. The van der Waals surface area contributed by atoms with E-state index in [2.05, 4.69) is 12.2 Å². The van der Waals surface area contributed by atoms with Gasteiger partial charge in [-0.05, 0) is 25.7 Å². The molecule has 3 unspecified atom stereocenters. The summed E-state index contributed by atoms with van der Waals surface area (Å²) in [5.41, 5.74) is 0. The Labute approximate surface area is 108 Å². The number of carboxylic acids is 1. The number of aliphatic carboxylic acids is 1. The van der Waals surface area contributed by atoms with Crippen molar-refractivity contribution in [3.05, 3.63) is 0 Å². The van der Waals surface area contributed by atoms with E-state index in [0.717, 1.165) is 19.3 Å². The second kappa shape index (κ2) is 7.36. The van der Waals surface area contributed by atoms with Crippen LogP contribution in [0, 0.1) is 5.92 Å². The molecular formula is C13H23NO4. The van der Waals surface area contributed by atoms with Gasteiger partial charge in [0, 0.05) is 6.04 Å². The van der Waals surface area contributed by atoms with E-state index >= 15 is 0 Å². The topological polar surface area (TPSA) is 75.6 Å². The summed E-state index contributed by atoms with van der Waals surface area (Å²) < 4.78 is 5.60. The molecule has 0 radical (unpaired) electrons. The molecule has 5 heteroatoms. The molecule has 3 atom stereocenters. The van der Waals surface area contributed by atoms with Crippen LogP contribution in [0.2, 0.25) is 0 Å². The van der Waals surface area contributed by atoms with Crippen LogP contribution in [0.25, 0.3) is 0 Å². The van der Waals surface area contributed by atoms with Crippen molar-refractivity contribution < 1.29 is 19.4 Å². The Hall–Kier alpha value is -1.10. The van der Waals surface area contributed by atoms with Crippen molar-refractivity contribution in [3.8, 4) is 0 Å². The first kappa shape index (κ1) is 15.0. The number of nitrogens with one attached hydrogen (secondary N) is 1. The molecule has 2 N–H and O–H groups in total. The average Bonchev–Trinajstić information content (AvgIpc) is 2.26. The van der Waals surface area contributed by atoms with E-state index in [1.807, 2.05) is 0 Å². The lowest BCUT2D eigenvalue weighted by atomic mass is 9.88. The Kier molecular flexibility index (Phi) is 6.12. The lowest BCUT2D eigenvalue weighted by Crippen LogP contribution is -2.38. The van der Waals surface area contributed by atoms with Crippen molar-refractivity contribution in [2.45, 2.75) is 58.1 Å². The van der Waals surface area contributed by atoms with Crippen LogP contribution >= 0.6 is 0 Å². The third-order valence-corrected chi connectivity index (χ3v) is 3.35. The maximum atomic E-state index is 11.6. The summed E-state index contributed by atoms with van der Waals surface area (Å²) in [6.45, 7) is 3.85. The van der Waals surface area contributed by atoms with Gasteiger partial charge in [0.25, 0.3) is 0 Å². The van der Waals surface area contributed by atoms with Crippen molar-refractivity contribution in [3.63, 3.8) is 0 Å². The normalized spacial score (nSPS) is 25.4. The average molecular weight is 257 g/mol. The number of carboxylic acid groups (broad SMARTS) is 1. The zero-order chi connectivity index (χ0) is 13.5. The maximum Gasteiger partial charge on any atom is 0.305 e. The number of amides is 1. The fraction of sp³-hybridized carbons (Fsp3) is 0.846. The molecule has 0 spiro atoms. The van der Waals surface area contributed by atoms with Crippen LogP contribution in [-0.2, 0) is 14.3 Å². The second-order valence-electron chi connectivity index (χ2n) is 5.18. The Balaban J connectivity index is 2.21. The summed E-state index contributed by atoms with van der Waals surface area (Å²) in [5, 5.41) is 11.2. The van der Waals surface area contributed by atoms with Gasteiger partial charge in [-0.2, -0.15) is 0 Å². The Morgan fingerprint density at radius 2 is 2.06 bits per heavy atom. The molecule has 0 aliphatic heterocycles. The summed E-state index contributed by atoms with van der Waals surface area (Å²) in [7, 11) is 0. The molecule has 1 saturated carbocycles. The molecule has 0 aromatic heterocycles.